The summed E-state index contributed by atoms with van der Waals surface area (Å²) in [6.45, 7) is 4.41. The standard InChI is InChI=1S/C27H32FN7O2/c1-3-32-14-19(13-29)25(31)20-12-17(9-10-23(20)30)26-33-34-27(37-26)18-6-5-11-35(15-18)16-21-22(28)7-4-8-24(21)36-2/h4,7-10,12-14,18-19,29,31H,3,5-6,11,15-16,30H2,1-2H3. The third-order valence-electron chi connectivity index (χ3n) is 6.52. The van der Waals surface area contributed by atoms with Crippen molar-refractivity contribution < 1.29 is 13.5 Å². The lowest BCUT2D eigenvalue weighted by Crippen LogP contribution is -2.34. The highest BCUT2D eigenvalue weighted by molar-refractivity contribution is 6.19. The second-order valence-corrected chi connectivity index (χ2v) is 9.00. The third kappa shape index (κ3) is 5.91. The van der Waals surface area contributed by atoms with E-state index in [0.29, 0.717) is 59.5 Å². The number of hydrogen-bond acceptors (Lipinski definition) is 9. The maximum atomic E-state index is 14.5. The molecule has 0 spiro atoms. The molecule has 4 rings (SSSR count). The summed E-state index contributed by atoms with van der Waals surface area (Å²) < 4.78 is 25.9. The molecule has 37 heavy (non-hydrogen) atoms. The van der Waals surface area contributed by atoms with Gasteiger partial charge in [-0.2, -0.15) is 0 Å². The van der Waals surface area contributed by atoms with Crippen LogP contribution < -0.4 is 10.5 Å². The number of aromatic nitrogens is 2. The number of halogens is 1. The number of nitrogen functional groups attached to an aromatic ring is 1. The average Bonchev–Trinajstić information content (AvgIpc) is 3.41. The maximum absolute atomic E-state index is 14.5. The Hall–Kier alpha value is -3.92. The van der Waals surface area contributed by atoms with E-state index in [4.69, 9.17) is 25.7 Å². The van der Waals surface area contributed by atoms with E-state index in [1.165, 1.54) is 12.3 Å². The quantitative estimate of drug-likeness (QED) is 0.273. The lowest BCUT2D eigenvalue weighted by atomic mass is 9.95. The van der Waals surface area contributed by atoms with Gasteiger partial charge in [-0.25, -0.2) is 4.39 Å². The van der Waals surface area contributed by atoms with Crippen molar-refractivity contribution >= 4 is 23.8 Å². The normalized spacial score (nSPS) is 17.1. The topological polar surface area (TPSA) is 137 Å². The summed E-state index contributed by atoms with van der Waals surface area (Å²) in [4.78, 5) is 6.35. The van der Waals surface area contributed by atoms with Gasteiger partial charge < -0.3 is 25.7 Å². The van der Waals surface area contributed by atoms with Crippen LogP contribution in [0.3, 0.4) is 0 Å². The number of nitrogens with one attached hydrogen (secondary N) is 2. The van der Waals surface area contributed by atoms with Crippen LogP contribution in [0.25, 0.3) is 11.5 Å². The van der Waals surface area contributed by atoms with Crippen LogP contribution in [0, 0.1) is 22.6 Å². The second kappa shape index (κ2) is 11.9. The number of aliphatic imine (C=N–C) groups is 1. The highest BCUT2D eigenvalue weighted by Crippen LogP contribution is 2.32. The molecule has 2 heterocycles. The lowest BCUT2D eigenvalue weighted by Gasteiger charge is -2.31. The van der Waals surface area contributed by atoms with E-state index in [1.54, 1.807) is 43.7 Å². The Bertz CT molecular complexity index is 1290. The summed E-state index contributed by atoms with van der Waals surface area (Å²) in [6, 6.07) is 10.1. The molecule has 10 heteroatoms. The number of anilines is 1. The van der Waals surface area contributed by atoms with Crippen molar-refractivity contribution in [3.8, 4) is 17.2 Å². The minimum atomic E-state index is -0.572. The fourth-order valence-electron chi connectivity index (χ4n) is 4.55. The Labute approximate surface area is 215 Å². The highest BCUT2D eigenvalue weighted by Gasteiger charge is 2.27. The van der Waals surface area contributed by atoms with Gasteiger partial charge in [-0.3, -0.25) is 9.89 Å². The minimum Gasteiger partial charge on any atom is -0.496 e. The molecule has 1 aliphatic heterocycles. The van der Waals surface area contributed by atoms with Crippen molar-refractivity contribution in [3.63, 3.8) is 0 Å². The van der Waals surface area contributed by atoms with Crippen LogP contribution >= 0.6 is 0 Å². The van der Waals surface area contributed by atoms with Crippen LogP contribution in [0.2, 0.25) is 0 Å². The second-order valence-electron chi connectivity index (χ2n) is 9.00. The number of methoxy groups -OCH3 is 1. The molecule has 0 saturated carbocycles. The predicted octanol–water partition coefficient (Wildman–Crippen LogP) is 4.57. The number of hydrogen-bond donors (Lipinski definition) is 3. The van der Waals surface area contributed by atoms with Gasteiger partial charge in [0.05, 0.1) is 24.7 Å². The van der Waals surface area contributed by atoms with E-state index in [0.717, 1.165) is 19.4 Å². The molecule has 2 atom stereocenters. The summed E-state index contributed by atoms with van der Waals surface area (Å²) in [5, 5.41) is 24.8. The average molecular weight is 506 g/mol. The van der Waals surface area contributed by atoms with E-state index in [1.807, 2.05) is 6.92 Å². The van der Waals surface area contributed by atoms with E-state index < -0.39 is 5.92 Å². The van der Waals surface area contributed by atoms with Crippen molar-refractivity contribution in [2.75, 3.05) is 32.5 Å². The van der Waals surface area contributed by atoms with Crippen LogP contribution in [0.15, 0.2) is 45.8 Å². The molecule has 4 N–H and O–H groups in total. The molecule has 1 aliphatic rings. The monoisotopic (exact) mass is 505 g/mol. The fourth-order valence-corrected chi connectivity index (χ4v) is 4.55. The van der Waals surface area contributed by atoms with Gasteiger partial charge in [0.25, 0.3) is 0 Å². The number of piperidine rings is 1. The smallest absolute Gasteiger partial charge is 0.247 e. The Kier molecular flexibility index (Phi) is 8.39. The molecule has 1 fully saturated rings. The number of nitrogens with two attached hydrogens (primary N) is 1. The zero-order valence-corrected chi connectivity index (χ0v) is 21.1. The number of rotatable bonds is 10. The van der Waals surface area contributed by atoms with E-state index in [2.05, 4.69) is 20.1 Å². The molecule has 2 aromatic carbocycles. The summed E-state index contributed by atoms with van der Waals surface area (Å²) >= 11 is 0. The number of likely N-dealkylation sites (tertiary alicyclic amines) is 1. The Morgan fingerprint density at radius 1 is 1.35 bits per heavy atom. The first kappa shape index (κ1) is 26.2. The molecule has 0 amide bonds. The largest absolute Gasteiger partial charge is 0.496 e. The van der Waals surface area contributed by atoms with Gasteiger partial charge in [0, 0.05) is 54.4 Å². The molecule has 2 unspecified atom stereocenters. The van der Waals surface area contributed by atoms with Crippen LogP contribution in [-0.4, -0.2) is 60.0 Å². The van der Waals surface area contributed by atoms with Crippen LogP contribution in [0.5, 0.6) is 5.75 Å². The van der Waals surface area contributed by atoms with Crippen molar-refractivity contribution in [2.24, 2.45) is 10.9 Å². The Morgan fingerprint density at radius 3 is 2.95 bits per heavy atom. The zero-order valence-electron chi connectivity index (χ0n) is 21.1. The Balaban J connectivity index is 1.51. The first-order valence-corrected chi connectivity index (χ1v) is 12.3. The predicted molar refractivity (Wildman–Crippen MR) is 142 cm³/mol. The van der Waals surface area contributed by atoms with Gasteiger partial charge in [0.15, 0.2) is 0 Å². The summed E-state index contributed by atoms with van der Waals surface area (Å²) in [5.41, 5.74) is 8.44. The van der Waals surface area contributed by atoms with Gasteiger partial charge >= 0.3 is 0 Å². The van der Waals surface area contributed by atoms with Crippen molar-refractivity contribution in [1.29, 1.82) is 10.8 Å². The summed E-state index contributed by atoms with van der Waals surface area (Å²) in [5.74, 6) is 0.575. The van der Waals surface area contributed by atoms with Gasteiger partial charge in [-0.05, 0) is 56.6 Å². The Morgan fingerprint density at radius 2 is 2.19 bits per heavy atom. The van der Waals surface area contributed by atoms with Crippen molar-refractivity contribution in [2.45, 2.75) is 32.2 Å². The van der Waals surface area contributed by atoms with Crippen molar-refractivity contribution in [3.05, 3.63) is 59.2 Å². The number of ether oxygens (including phenoxy) is 1. The molecular weight excluding hydrogens is 473 g/mol. The lowest BCUT2D eigenvalue weighted by molar-refractivity contribution is 0.182. The van der Waals surface area contributed by atoms with Crippen LogP contribution in [0.4, 0.5) is 10.1 Å². The summed E-state index contributed by atoms with van der Waals surface area (Å²) in [6.07, 6.45) is 4.57. The van der Waals surface area contributed by atoms with Gasteiger partial charge in [-0.1, -0.05) is 6.07 Å². The van der Waals surface area contributed by atoms with Crippen LogP contribution in [0.1, 0.15) is 42.7 Å². The first-order valence-electron chi connectivity index (χ1n) is 12.3. The third-order valence-corrected chi connectivity index (χ3v) is 6.52. The fraction of sp³-hybridized carbons (Fsp3) is 0.370. The van der Waals surface area contributed by atoms with Gasteiger partial charge in [-0.15, -0.1) is 10.2 Å². The van der Waals surface area contributed by atoms with Gasteiger partial charge in [0.1, 0.15) is 11.6 Å². The van der Waals surface area contributed by atoms with Crippen molar-refractivity contribution in [1.82, 2.24) is 15.1 Å². The number of benzene rings is 2. The molecule has 1 saturated heterocycles. The zero-order chi connectivity index (χ0) is 26.4. The molecule has 0 radical (unpaired) electrons. The molecule has 9 nitrogen and oxygen atoms in total. The molecule has 3 aromatic rings. The molecule has 0 bridgehead atoms. The maximum Gasteiger partial charge on any atom is 0.247 e. The minimum absolute atomic E-state index is 0.0202. The SMILES string of the molecule is CCN=CC(C=N)C(=N)c1cc(-c2nnc(C3CCCN(Cc4c(F)cccc4OC)C3)o2)ccc1N. The number of nitrogens with zero attached hydrogens (tertiary/aromatic N) is 4. The van der Waals surface area contributed by atoms with Crippen LogP contribution in [-0.2, 0) is 6.54 Å². The van der Waals surface area contributed by atoms with E-state index >= 15 is 0 Å². The molecule has 194 valence electrons. The highest BCUT2D eigenvalue weighted by atomic mass is 19.1. The summed E-state index contributed by atoms with van der Waals surface area (Å²) in [7, 11) is 1.55. The first-order chi connectivity index (χ1) is 17.9. The molecule has 1 aromatic heterocycles. The van der Waals surface area contributed by atoms with E-state index in [9.17, 15) is 4.39 Å². The molecular formula is C27H32FN7O2. The molecule has 0 aliphatic carbocycles. The van der Waals surface area contributed by atoms with Gasteiger partial charge in [0.2, 0.25) is 11.8 Å². The van der Waals surface area contributed by atoms with E-state index in [-0.39, 0.29) is 17.4 Å².